The second-order valence-corrected chi connectivity index (χ2v) is 4.25. The van der Waals surface area contributed by atoms with Gasteiger partial charge in [-0.25, -0.2) is 0 Å². The van der Waals surface area contributed by atoms with E-state index in [9.17, 15) is 0 Å². The summed E-state index contributed by atoms with van der Waals surface area (Å²) in [6.45, 7) is 2.42. The van der Waals surface area contributed by atoms with Crippen molar-refractivity contribution in [3.8, 4) is 5.69 Å². The molecule has 1 heterocycles. The number of hydrogen-bond acceptors (Lipinski definition) is 4. The van der Waals surface area contributed by atoms with E-state index in [0.29, 0.717) is 12.4 Å². The van der Waals surface area contributed by atoms with E-state index in [0.717, 1.165) is 16.6 Å². The first-order chi connectivity index (χ1) is 7.76. The standard InChI is InChI=1S/C10H12BrN5/c1-2-7-5-8(11)3-4-9(7)16-10(6-12)13-14-15-16/h3-5H,2,6,12H2,1H3. The first-order valence-electron chi connectivity index (χ1n) is 5.02. The zero-order valence-corrected chi connectivity index (χ0v) is 10.5. The molecule has 0 fully saturated rings. The van der Waals surface area contributed by atoms with Gasteiger partial charge in [-0.05, 0) is 40.6 Å². The van der Waals surface area contributed by atoms with Crippen LogP contribution in [0.1, 0.15) is 18.3 Å². The summed E-state index contributed by atoms with van der Waals surface area (Å²) < 4.78 is 2.74. The van der Waals surface area contributed by atoms with Gasteiger partial charge in [-0.2, -0.15) is 4.68 Å². The van der Waals surface area contributed by atoms with Crippen molar-refractivity contribution in [3.63, 3.8) is 0 Å². The number of tetrazole rings is 1. The van der Waals surface area contributed by atoms with Crippen molar-refractivity contribution in [2.75, 3.05) is 0 Å². The number of nitrogens with zero attached hydrogens (tertiary/aromatic N) is 4. The molecule has 2 N–H and O–H groups in total. The van der Waals surface area contributed by atoms with E-state index >= 15 is 0 Å². The van der Waals surface area contributed by atoms with Crippen LogP contribution in [0.3, 0.4) is 0 Å². The van der Waals surface area contributed by atoms with Gasteiger partial charge >= 0.3 is 0 Å². The lowest BCUT2D eigenvalue weighted by molar-refractivity contribution is 0.753. The van der Waals surface area contributed by atoms with E-state index in [-0.39, 0.29) is 0 Å². The summed E-state index contributed by atoms with van der Waals surface area (Å²) in [4.78, 5) is 0. The van der Waals surface area contributed by atoms with Gasteiger partial charge in [-0.1, -0.05) is 22.9 Å². The number of rotatable bonds is 3. The molecule has 0 atom stereocenters. The van der Waals surface area contributed by atoms with E-state index in [1.165, 1.54) is 5.56 Å². The van der Waals surface area contributed by atoms with Crippen LogP contribution in [0.2, 0.25) is 0 Å². The highest BCUT2D eigenvalue weighted by Gasteiger charge is 2.10. The van der Waals surface area contributed by atoms with Crippen molar-refractivity contribution in [2.45, 2.75) is 19.9 Å². The molecule has 5 nitrogen and oxygen atoms in total. The summed E-state index contributed by atoms with van der Waals surface area (Å²) in [6.07, 6.45) is 0.915. The second-order valence-electron chi connectivity index (χ2n) is 3.34. The maximum Gasteiger partial charge on any atom is 0.170 e. The summed E-state index contributed by atoms with van der Waals surface area (Å²) in [5.74, 6) is 0.664. The molecular formula is C10H12BrN5. The highest BCUT2D eigenvalue weighted by atomic mass is 79.9. The van der Waals surface area contributed by atoms with Crippen molar-refractivity contribution < 1.29 is 0 Å². The number of aryl methyl sites for hydroxylation is 1. The van der Waals surface area contributed by atoms with Crippen molar-refractivity contribution >= 4 is 15.9 Å². The summed E-state index contributed by atoms with van der Waals surface area (Å²) >= 11 is 3.45. The molecule has 1 aromatic heterocycles. The van der Waals surface area contributed by atoms with E-state index < -0.39 is 0 Å². The van der Waals surface area contributed by atoms with Crippen LogP contribution in [-0.2, 0) is 13.0 Å². The SMILES string of the molecule is CCc1cc(Br)ccc1-n1nnnc1CN. The highest BCUT2D eigenvalue weighted by molar-refractivity contribution is 9.10. The lowest BCUT2D eigenvalue weighted by Gasteiger charge is -2.08. The molecule has 0 spiro atoms. The summed E-state index contributed by atoms with van der Waals surface area (Å²) in [7, 11) is 0. The molecule has 2 aromatic rings. The summed E-state index contributed by atoms with van der Waals surface area (Å²) in [5.41, 5.74) is 7.74. The van der Waals surface area contributed by atoms with Gasteiger partial charge in [-0.3, -0.25) is 0 Å². The fourth-order valence-corrected chi connectivity index (χ4v) is 1.97. The molecule has 0 saturated carbocycles. The van der Waals surface area contributed by atoms with Gasteiger partial charge in [0.2, 0.25) is 0 Å². The van der Waals surface area contributed by atoms with Gasteiger partial charge in [0.25, 0.3) is 0 Å². The first-order valence-corrected chi connectivity index (χ1v) is 5.81. The smallest absolute Gasteiger partial charge is 0.170 e. The zero-order chi connectivity index (χ0) is 11.5. The molecule has 0 radical (unpaired) electrons. The van der Waals surface area contributed by atoms with Crippen molar-refractivity contribution in [1.29, 1.82) is 0 Å². The normalized spacial score (nSPS) is 10.7. The Hall–Kier alpha value is -1.27. The average molecular weight is 282 g/mol. The third kappa shape index (κ3) is 1.98. The van der Waals surface area contributed by atoms with Crippen LogP contribution in [0.15, 0.2) is 22.7 Å². The summed E-state index contributed by atoms with van der Waals surface area (Å²) in [5, 5.41) is 11.5. The monoisotopic (exact) mass is 281 g/mol. The van der Waals surface area contributed by atoms with Gasteiger partial charge in [0, 0.05) is 4.47 Å². The van der Waals surface area contributed by atoms with Crippen molar-refractivity contribution in [3.05, 3.63) is 34.1 Å². The first kappa shape index (κ1) is 11.2. The van der Waals surface area contributed by atoms with Crippen LogP contribution in [0.5, 0.6) is 0 Å². The Balaban J connectivity index is 2.55. The van der Waals surface area contributed by atoms with Crippen LogP contribution in [0.4, 0.5) is 0 Å². The maximum atomic E-state index is 5.58. The lowest BCUT2D eigenvalue weighted by Crippen LogP contribution is -2.09. The van der Waals surface area contributed by atoms with Crippen molar-refractivity contribution in [1.82, 2.24) is 20.2 Å². The molecular weight excluding hydrogens is 270 g/mol. The van der Waals surface area contributed by atoms with Crippen LogP contribution in [0, 0.1) is 0 Å². The average Bonchev–Trinajstić information content (AvgIpc) is 2.76. The van der Waals surface area contributed by atoms with Crippen LogP contribution in [0.25, 0.3) is 5.69 Å². The lowest BCUT2D eigenvalue weighted by atomic mass is 10.1. The number of benzene rings is 1. The largest absolute Gasteiger partial charge is 0.324 e. The van der Waals surface area contributed by atoms with Gasteiger partial charge in [0.05, 0.1) is 12.2 Å². The van der Waals surface area contributed by atoms with E-state index in [4.69, 9.17) is 5.73 Å². The molecule has 0 aliphatic carbocycles. The Kier molecular flexibility index (Phi) is 3.31. The molecule has 2 rings (SSSR count). The Morgan fingerprint density at radius 1 is 1.44 bits per heavy atom. The Bertz CT molecular complexity index is 494. The minimum atomic E-state index is 0.326. The number of nitrogens with two attached hydrogens (primary N) is 1. The van der Waals surface area contributed by atoms with Crippen LogP contribution >= 0.6 is 15.9 Å². The molecule has 6 heteroatoms. The molecule has 84 valence electrons. The Morgan fingerprint density at radius 3 is 2.94 bits per heavy atom. The van der Waals surface area contributed by atoms with E-state index in [2.05, 4.69) is 44.4 Å². The minimum Gasteiger partial charge on any atom is -0.324 e. The van der Waals surface area contributed by atoms with Gasteiger partial charge in [0.15, 0.2) is 5.82 Å². The maximum absolute atomic E-state index is 5.58. The third-order valence-electron chi connectivity index (χ3n) is 2.37. The molecule has 1 aromatic carbocycles. The number of halogens is 1. The predicted molar refractivity (Wildman–Crippen MR) is 64.1 cm³/mol. The Morgan fingerprint density at radius 2 is 2.25 bits per heavy atom. The Labute approximate surface area is 102 Å². The van der Waals surface area contributed by atoms with Crippen LogP contribution < -0.4 is 5.73 Å². The topological polar surface area (TPSA) is 69.6 Å². The van der Waals surface area contributed by atoms with E-state index in [1.54, 1.807) is 4.68 Å². The van der Waals surface area contributed by atoms with Crippen LogP contribution in [-0.4, -0.2) is 20.2 Å². The van der Waals surface area contributed by atoms with Gasteiger partial charge in [0.1, 0.15) is 0 Å². The fourth-order valence-electron chi connectivity index (χ4n) is 1.56. The predicted octanol–water partition coefficient (Wildman–Crippen LogP) is 1.45. The fraction of sp³-hybridized carbons (Fsp3) is 0.300. The summed E-state index contributed by atoms with van der Waals surface area (Å²) in [6, 6.07) is 6.02. The number of aromatic nitrogens is 4. The molecule has 0 aliphatic rings. The van der Waals surface area contributed by atoms with Crippen molar-refractivity contribution in [2.24, 2.45) is 5.73 Å². The minimum absolute atomic E-state index is 0.326. The molecule has 0 saturated heterocycles. The quantitative estimate of drug-likeness (QED) is 0.925. The zero-order valence-electron chi connectivity index (χ0n) is 8.89. The molecule has 0 amide bonds. The number of hydrogen-bond donors (Lipinski definition) is 1. The molecule has 0 aliphatic heterocycles. The van der Waals surface area contributed by atoms with E-state index in [1.807, 2.05) is 12.1 Å². The highest BCUT2D eigenvalue weighted by Crippen LogP contribution is 2.20. The van der Waals surface area contributed by atoms with Gasteiger partial charge in [-0.15, -0.1) is 5.10 Å². The molecule has 0 unspecified atom stereocenters. The third-order valence-corrected chi connectivity index (χ3v) is 2.86. The van der Waals surface area contributed by atoms with Gasteiger partial charge < -0.3 is 5.73 Å². The molecule has 16 heavy (non-hydrogen) atoms. The second kappa shape index (κ2) is 4.71. The molecule has 0 bridgehead atoms.